The van der Waals surface area contributed by atoms with Crippen LogP contribution in [0.4, 0.5) is 5.69 Å². The van der Waals surface area contributed by atoms with Crippen LogP contribution in [0.3, 0.4) is 0 Å². The summed E-state index contributed by atoms with van der Waals surface area (Å²) in [6, 6.07) is 15.4. The van der Waals surface area contributed by atoms with Gasteiger partial charge in [0.1, 0.15) is 0 Å². The van der Waals surface area contributed by atoms with Crippen LogP contribution in [-0.2, 0) is 10.0 Å². The molecule has 1 heterocycles. The molecule has 0 spiro atoms. The van der Waals surface area contributed by atoms with Gasteiger partial charge in [-0.05, 0) is 35.4 Å². The van der Waals surface area contributed by atoms with Crippen molar-refractivity contribution in [2.45, 2.75) is 12.5 Å². The minimum Gasteiger partial charge on any atom is -0.378 e. The number of sulfonamides is 1. The molecule has 1 aliphatic rings. The Balaban J connectivity index is 1.95. The maximum atomic E-state index is 12.2. The van der Waals surface area contributed by atoms with Gasteiger partial charge in [0.25, 0.3) is 0 Å². The highest BCUT2D eigenvalue weighted by Gasteiger charge is 2.34. The summed E-state index contributed by atoms with van der Waals surface area (Å²) in [5.41, 5.74) is 3.72. The van der Waals surface area contributed by atoms with Gasteiger partial charge in [-0.25, -0.2) is 8.42 Å². The van der Waals surface area contributed by atoms with Crippen LogP contribution in [0.25, 0.3) is 0 Å². The molecule has 1 aliphatic heterocycles. The SMILES string of the molecule is CN(C)c1ccc([C@@H]2CC(c3ccc(Br)cc3)=NN2S(C)(=O)=O)cc1. The molecule has 0 saturated heterocycles. The van der Waals surface area contributed by atoms with Gasteiger partial charge in [-0.2, -0.15) is 9.52 Å². The maximum absolute atomic E-state index is 12.2. The summed E-state index contributed by atoms with van der Waals surface area (Å²) in [7, 11) is 0.499. The number of benzene rings is 2. The van der Waals surface area contributed by atoms with Gasteiger partial charge in [-0.15, -0.1) is 0 Å². The summed E-state index contributed by atoms with van der Waals surface area (Å²) in [6.45, 7) is 0. The largest absolute Gasteiger partial charge is 0.378 e. The summed E-state index contributed by atoms with van der Waals surface area (Å²) in [6.07, 6.45) is 1.75. The fourth-order valence-corrected chi connectivity index (χ4v) is 4.02. The second-order valence-electron chi connectivity index (χ2n) is 6.30. The zero-order valence-corrected chi connectivity index (χ0v) is 16.8. The lowest BCUT2D eigenvalue weighted by molar-refractivity contribution is 0.375. The van der Waals surface area contributed by atoms with Crippen LogP contribution in [0.2, 0.25) is 0 Å². The van der Waals surface area contributed by atoms with Gasteiger partial charge >= 0.3 is 0 Å². The summed E-state index contributed by atoms with van der Waals surface area (Å²) in [5, 5.41) is 4.41. The van der Waals surface area contributed by atoms with Gasteiger partial charge in [-0.3, -0.25) is 0 Å². The quantitative estimate of drug-likeness (QED) is 0.756. The smallest absolute Gasteiger partial charge is 0.247 e. The van der Waals surface area contributed by atoms with E-state index >= 15 is 0 Å². The lowest BCUT2D eigenvalue weighted by Gasteiger charge is -2.22. The molecule has 0 N–H and O–H groups in total. The highest BCUT2D eigenvalue weighted by Crippen LogP contribution is 2.35. The molecule has 3 rings (SSSR count). The van der Waals surface area contributed by atoms with E-state index in [-0.39, 0.29) is 6.04 Å². The van der Waals surface area contributed by atoms with E-state index in [0.29, 0.717) is 6.42 Å². The number of anilines is 1. The number of hydrogen-bond acceptors (Lipinski definition) is 4. The van der Waals surface area contributed by atoms with Crippen LogP contribution >= 0.6 is 15.9 Å². The van der Waals surface area contributed by atoms with Crippen molar-refractivity contribution >= 4 is 37.4 Å². The molecule has 1 atom stereocenters. The van der Waals surface area contributed by atoms with Crippen molar-refractivity contribution in [2.75, 3.05) is 25.3 Å². The summed E-state index contributed by atoms with van der Waals surface area (Å²) in [4.78, 5) is 2.01. The second-order valence-corrected chi connectivity index (χ2v) is 9.05. The normalized spacial score (nSPS) is 17.5. The Labute approximate surface area is 157 Å². The average Bonchev–Trinajstić information content (AvgIpc) is 3.01. The predicted octanol–water partition coefficient (Wildman–Crippen LogP) is 3.63. The number of hydrazone groups is 1. The maximum Gasteiger partial charge on any atom is 0.247 e. The van der Waals surface area contributed by atoms with E-state index in [2.05, 4.69) is 21.0 Å². The molecular weight excluding hydrogens is 402 g/mol. The Morgan fingerprint density at radius 3 is 2.20 bits per heavy atom. The Hall–Kier alpha value is -1.86. The molecular formula is C18H20BrN3O2S. The number of rotatable bonds is 4. The third kappa shape index (κ3) is 3.88. The number of hydrogen-bond donors (Lipinski definition) is 0. The van der Waals surface area contributed by atoms with E-state index in [9.17, 15) is 8.42 Å². The first-order chi connectivity index (χ1) is 11.8. The Morgan fingerprint density at radius 2 is 1.68 bits per heavy atom. The van der Waals surface area contributed by atoms with Crippen molar-refractivity contribution in [1.82, 2.24) is 4.41 Å². The van der Waals surface area contributed by atoms with Crippen molar-refractivity contribution in [2.24, 2.45) is 5.10 Å². The molecule has 0 saturated carbocycles. The van der Waals surface area contributed by atoms with Crippen molar-refractivity contribution in [3.63, 3.8) is 0 Å². The standard InChI is InChI=1S/C18H20BrN3O2S/c1-21(2)16-10-6-14(7-11-16)18-12-17(20-22(18)25(3,23)24)13-4-8-15(19)9-5-13/h4-11,18H,12H2,1-3H3/t18-/m0/s1. The highest BCUT2D eigenvalue weighted by molar-refractivity contribution is 9.10. The van der Waals surface area contributed by atoms with E-state index in [0.717, 1.165) is 27.0 Å². The van der Waals surface area contributed by atoms with Crippen molar-refractivity contribution in [3.05, 3.63) is 64.1 Å². The Kier molecular flexibility index (Phi) is 4.88. The topological polar surface area (TPSA) is 53.0 Å². The van der Waals surface area contributed by atoms with Crippen molar-refractivity contribution < 1.29 is 8.42 Å². The van der Waals surface area contributed by atoms with Gasteiger partial charge < -0.3 is 4.90 Å². The van der Waals surface area contributed by atoms with Gasteiger partial charge in [0.15, 0.2) is 0 Å². The van der Waals surface area contributed by atoms with Crippen LogP contribution in [-0.4, -0.2) is 38.9 Å². The average molecular weight is 422 g/mol. The number of nitrogens with zero attached hydrogens (tertiary/aromatic N) is 3. The first kappa shape index (κ1) is 17.9. The highest BCUT2D eigenvalue weighted by atomic mass is 79.9. The molecule has 0 aliphatic carbocycles. The van der Waals surface area contributed by atoms with Crippen LogP contribution < -0.4 is 4.90 Å². The molecule has 0 amide bonds. The van der Waals surface area contributed by atoms with Crippen molar-refractivity contribution in [3.8, 4) is 0 Å². The first-order valence-corrected chi connectivity index (χ1v) is 10.5. The van der Waals surface area contributed by atoms with E-state index in [1.807, 2.05) is 67.5 Å². The molecule has 2 aromatic carbocycles. The molecule has 7 heteroatoms. The predicted molar refractivity (Wildman–Crippen MR) is 105 cm³/mol. The van der Waals surface area contributed by atoms with Gasteiger partial charge in [0.2, 0.25) is 10.0 Å². The van der Waals surface area contributed by atoms with E-state index in [1.165, 1.54) is 10.7 Å². The monoisotopic (exact) mass is 421 g/mol. The molecule has 5 nitrogen and oxygen atoms in total. The summed E-state index contributed by atoms with van der Waals surface area (Å²) >= 11 is 3.41. The Bertz CT molecular complexity index is 891. The van der Waals surface area contributed by atoms with Crippen LogP contribution in [0, 0.1) is 0 Å². The third-order valence-electron chi connectivity index (χ3n) is 4.18. The van der Waals surface area contributed by atoms with Gasteiger partial charge in [0, 0.05) is 30.7 Å². The Morgan fingerprint density at radius 1 is 1.08 bits per heavy atom. The van der Waals surface area contributed by atoms with Crippen LogP contribution in [0.5, 0.6) is 0 Å². The van der Waals surface area contributed by atoms with E-state index < -0.39 is 10.0 Å². The van der Waals surface area contributed by atoms with E-state index in [4.69, 9.17) is 0 Å². The van der Waals surface area contributed by atoms with Crippen LogP contribution in [0.15, 0.2) is 58.1 Å². The molecule has 2 aromatic rings. The molecule has 132 valence electrons. The minimum absolute atomic E-state index is 0.315. The molecule has 0 radical (unpaired) electrons. The number of halogens is 1. The third-order valence-corrected chi connectivity index (χ3v) is 5.73. The summed E-state index contributed by atoms with van der Waals surface area (Å²) in [5.74, 6) is 0. The lowest BCUT2D eigenvalue weighted by atomic mass is 9.99. The van der Waals surface area contributed by atoms with Gasteiger partial charge in [0.05, 0.1) is 18.0 Å². The fraction of sp³-hybridized carbons (Fsp3) is 0.278. The minimum atomic E-state index is -3.45. The van der Waals surface area contributed by atoms with Crippen molar-refractivity contribution in [1.29, 1.82) is 0 Å². The molecule has 0 fully saturated rings. The summed E-state index contributed by atoms with van der Waals surface area (Å²) < 4.78 is 26.7. The molecule has 0 bridgehead atoms. The fourth-order valence-electron chi connectivity index (χ4n) is 2.85. The molecule has 25 heavy (non-hydrogen) atoms. The molecule has 0 aromatic heterocycles. The van der Waals surface area contributed by atoms with Crippen LogP contribution in [0.1, 0.15) is 23.6 Å². The second kappa shape index (κ2) is 6.80. The van der Waals surface area contributed by atoms with E-state index in [1.54, 1.807) is 0 Å². The van der Waals surface area contributed by atoms with Gasteiger partial charge in [-0.1, -0.05) is 40.2 Å². The first-order valence-electron chi connectivity index (χ1n) is 7.86. The zero-order valence-electron chi connectivity index (χ0n) is 14.3. The lowest BCUT2D eigenvalue weighted by Crippen LogP contribution is -2.26. The zero-order chi connectivity index (χ0) is 18.2. The molecule has 0 unspecified atom stereocenters.